The first-order chi connectivity index (χ1) is 15.4. The van der Waals surface area contributed by atoms with E-state index in [1.54, 1.807) is 0 Å². The molecular weight excluding hydrogens is 420 g/mol. The number of benzene rings is 2. The molecule has 1 unspecified atom stereocenters. The second-order valence-corrected chi connectivity index (χ2v) is 9.15. The number of aryl methyl sites for hydroxylation is 2. The molecule has 0 spiro atoms. The quantitative estimate of drug-likeness (QED) is 0.429. The maximum absolute atomic E-state index is 12.5. The van der Waals surface area contributed by atoms with Crippen LogP contribution < -0.4 is 10.1 Å². The summed E-state index contributed by atoms with van der Waals surface area (Å²) in [5.41, 5.74) is 2.42. The van der Waals surface area contributed by atoms with Crippen LogP contribution >= 0.6 is 11.8 Å². The number of hydrogen-bond acceptors (Lipinski definition) is 5. The highest BCUT2D eigenvalue weighted by atomic mass is 32.2. The molecule has 170 valence electrons. The van der Waals surface area contributed by atoms with Crippen LogP contribution in [0.1, 0.15) is 44.1 Å². The molecule has 32 heavy (non-hydrogen) atoms. The molecule has 0 aliphatic rings. The maximum Gasteiger partial charge on any atom is 0.230 e. The van der Waals surface area contributed by atoms with Gasteiger partial charge in [-0.25, -0.2) is 0 Å². The molecule has 0 aliphatic heterocycles. The summed E-state index contributed by atoms with van der Waals surface area (Å²) in [6.45, 7) is 8.71. The molecule has 2 aromatic carbocycles. The Labute approximate surface area is 194 Å². The number of thioether (sulfide) groups is 1. The Morgan fingerprint density at radius 1 is 1.03 bits per heavy atom. The molecule has 3 aromatic rings. The minimum absolute atomic E-state index is 0.00935. The maximum atomic E-state index is 12.5. The summed E-state index contributed by atoms with van der Waals surface area (Å²) in [6, 6.07) is 18.5. The summed E-state index contributed by atoms with van der Waals surface area (Å²) < 4.78 is 7.73. The molecule has 0 radical (unpaired) electrons. The van der Waals surface area contributed by atoms with Gasteiger partial charge in [-0.2, -0.15) is 0 Å². The molecule has 0 bridgehead atoms. The molecule has 1 atom stereocenters. The fraction of sp³-hybridized carbons (Fsp3) is 0.400. The number of carbonyl (C=O) groups is 1. The molecule has 1 amide bonds. The Morgan fingerprint density at radius 3 is 2.44 bits per heavy atom. The van der Waals surface area contributed by atoms with Gasteiger partial charge < -0.3 is 14.6 Å². The average molecular weight is 453 g/mol. The number of carbonyl (C=O) groups excluding carboxylic acids is 1. The third-order valence-electron chi connectivity index (χ3n) is 4.99. The van der Waals surface area contributed by atoms with E-state index >= 15 is 0 Å². The molecule has 0 saturated heterocycles. The van der Waals surface area contributed by atoms with Crippen LogP contribution in [0.25, 0.3) is 0 Å². The summed E-state index contributed by atoms with van der Waals surface area (Å²) in [7, 11) is 0. The van der Waals surface area contributed by atoms with Crippen molar-refractivity contribution < 1.29 is 9.53 Å². The Kier molecular flexibility index (Phi) is 8.73. The molecular formula is C25H32N4O2S. The van der Waals surface area contributed by atoms with Gasteiger partial charge >= 0.3 is 0 Å². The fourth-order valence-electron chi connectivity index (χ4n) is 3.33. The number of rotatable bonds is 11. The minimum atomic E-state index is 0.00935. The van der Waals surface area contributed by atoms with Crippen LogP contribution in [0.15, 0.2) is 59.8 Å². The van der Waals surface area contributed by atoms with E-state index in [1.165, 1.54) is 22.9 Å². The molecule has 0 aliphatic carbocycles. The smallest absolute Gasteiger partial charge is 0.230 e. The zero-order valence-corrected chi connectivity index (χ0v) is 20.1. The molecule has 1 N–H and O–H groups in total. The Morgan fingerprint density at radius 2 is 1.75 bits per heavy atom. The summed E-state index contributed by atoms with van der Waals surface area (Å²) in [4.78, 5) is 12.5. The van der Waals surface area contributed by atoms with Crippen molar-refractivity contribution in [2.24, 2.45) is 0 Å². The van der Waals surface area contributed by atoms with Crippen molar-refractivity contribution in [2.45, 2.75) is 64.4 Å². The molecule has 6 nitrogen and oxygen atoms in total. The van der Waals surface area contributed by atoms with Gasteiger partial charge in [-0.15, -0.1) is 10.2 Å². The van der Waals surface area contributed by atoms with Gasteiger partial charge in [0.1, 0.15) is 11.6 Å². The summed E-state index contributed by atoms with van der Waals surface area (Å²) in [6.07, 6.45) is 1.95. The van der Waals surface area contributed by atoms with Crippen LogP contribution in [0.4, 0.5) is 0 Å². The van der Waals surface area contributed by atoms with Crippen LogP contribution in [0, 0.1) is 6.92 Å². The number of aromatic nitrogens is 3. The second-order valence-electron chi connectivity index (χ2n) is 8.21. The normalized spacial score (nSPS) is 12.0. The highest BCUT2D eigenvalue weighted by molar-refractivity contribution is 7.99. The summed E-state index contributed by atoms with van der Waals surface area (Å²) in [5.74, 6) is 2.06. The number of nitrogens with zero attached hydrogens (tertiary/aromatic N) is 3. The number of ether oxygens (including phenoxy) is 1. The van der Waals surface area contributed by atoms with E-state index in [2.05, 4.69) is 39.8 Å². The van der Waals surface area contributed by atoms with E-state index in [-0.39, 0.29) is 18.1 Å². The molecule has 1 heterocycles. The highest BCUT2D eigenvalue weighted by Crippen LogP contribution is 2.19. The number of nitrogens with one attached hydrogen (secondary N) is 1. The van der Waals surface area contributed by atoms with Gasteiger partial charge in [-0.1, -0.05) is 54.2 Å². The van der Waals surface area contributed by atoms with E-state index in [1.807, 2.05) is 62.6 Å². The Hall–Kier alpha value is -2.80. The van der Waals surface area contributed by atoms with E-state index < -0.39 is 0 Å². The van der Waals surface area contributed by atoms with Gasteiger partial charge in [0.15, 0.2) is 5.16 Å². The van der Waals surface area contributed by atoms with Crippen LogP contribution in [0.5, 0.6) is 5.75 Å². The van der Waals surface area contributed by atoms with Crippen molar-refractivity contribution in [3.05, 3.63) is 71.5 Å². The van der Waals surface area contributed by atoms with Crippen LogP contribution in [-0.4, -0.2) is 38.6 Å². The van der Waals surface area contributed by atoms with E-state index in [9.17, 15) is 4.79 Å². The standard InChI is InChI=1S/C25H32N4O2S/c1-18(2)31-23-14-12-21(13-15-23)11-10-19(3)26-24(30)17-32-25-28-27-20(4)29(25)16-22-8-6-5-7-9-22/h5-9,12-15,18-19H,10-11,16-17H2,1-4H3,(H,26,30). The Bertz CT molecular complexity index is 987. The lowest BCUT2D eigenvalue weighted by Gasteiger charge is -2.14. The third kappa shape index (κ3) is 7.41. The first-order valence-corrected chi connectivity index (χ1v) is 12.0. The van der Waals surface area contributed by atoms with Crippen molar-refractivity contribution >= 4 is 17.7 Å². The zero-order valence-electron chi connectivity index (χ0n) is 19.2. The molecule has 7 heteroatoms. The molecule has 3 rings (SSSR count). The zero-order chi connectivity index (χ0) is 22.9. The van der Waals surface area contributed by atoms with Gasteiger partial charge in [0.25, 0.3) is 0 Å². The second kappa shape index (κ2) is 11.7. The summed E-state index contributed by atoms with van der Waals surface area (Å²) >= 11 is 1.42. The first-order valence-electron chi connectivity index (χ1n) is 11.0. The average Bonchev–Trinajstić information content (AvgIpc) is 3.11. The fourth-order valence-corrected chi connectivity index (χ4v) is 4.12. The van der Waals surface area contributed by atoms with E-state index in [4.69, 9.17) is 4.74 Å². The Balaban J connectivity index is 1.44. The van der Waals surface area contributed by atoms with Crippen molar-refractivity contribution in [3.63, 3.8) is 0 Å². The van der Waals surface area contributed by atoms with Crippen molar-refractivity contribution in [1.29, 1.82) is 0 Å². The predicted molar refractivity (Wildman–Crippen MR) is 129 cm³/mol. The molecule has 1 aromatic heterocycles. The van der Waals surface area contributed by atoms with Crippen molar-refractivity contribution in [3.8, 4) is 5.75 Å². The number of hydrogen-bond donors (Lipinski definition) is 1. The van der Waals surface area contributed by atoms with Crippen LogP contribution in [0.2, 0.25) is 0 Å². The van der Waals surface area contributed by atoms with Crippen LogP contribution in [0.3, 0.4) is 0 Å². The van der Waals surface area contributed by atoms with Gasteiger partial charge in [-0.05, 0) is 63.8 Å². The highest BCUT2D eigenvalue weighted by Gasteiger charge is 2.14. The lowest BCUT2D eigenvalue weighted by molar-refractivity contribution is -0.119. The van der Waals surface area contributed by atoms with Gasteiger partial charge in [0.05, 0.1) is 18.4 Å². The van der Waals surface area contributed by atoms with Gasteiger partial charge in [0, 0.05) is 6.04 Å². The van der Waals surface area contributed by atoms with Crippen LogP contribution in [-0.2, 0) is 17.8 Å². The largest absolute Gasteiger partial charge is 0.491 e. The van der Waals surface area contributed by atoms with Crippen molar-refractivity contribution in [2.75, 3.05) is 5.75 Å². The van der Waals surface area contributed by atoms with Gasteiger partial charge in [-0.3, -0.25) is 4.79 Å². The van der Waals surface area contributed by atoms with E-state index in [0.717, 1.165) is 29.6 Å². The van der Waals surface area contributed by atoms with Gasteiger partial charge in [0.2, 0.25) is 5.91 Å². The minimum Gasteiger partial charge on any atom is -0.491 e. The SMILES string of the molecule is Cc1nnc(SCC(=O)NC(C)CCc2ccc(OC(C)C)cc2)n1Cc1ccccc1. The number of amides is 1. The summed E-state index contributed by atoms with van der Waals surface area (Å²) in [5, 5.41) is 12.3. The third-order valence-corrected chi connectivity index (χ3v) is 5.95. The molecule has 0 fully saturated rings. The lowest BCUT2D eigenvalue weighted by atomic mass is 10.1. The first kappa shape index (κ1) is 23.9. The lowest BCUT2D eigenvalue weighted by Crippen LogP contribution is -2.34. The monoisotopic (exact) mass is 452 g/mol. The van der Waals surface area contributed by atoms with Crippen molar-refractivity contribution in [1.82, 2.24) is 20.1 Å². The molecule has 0 saturated carbocycles. The van der Waals surface area contributed by atoms with E-state index in [0.29, 0.717) is 12.3 Å². The topological polar surface area (TPSA) is 69.0 Å². The predicted octanol–water partition coefficient (Wildman–Crippen LogP) is 4.65.